The van der Waals surface area contributed by atoms with Crippen molar-refractivity contribution in [3.8, 4) is 6.07 Å². The number of aromatic nitrogens is 3. The van der Waals surface area contributed by atoms with Gasteiger partial charge in [-0.15, -0.1) is 0 Å². The van der Waals surface area contributed by atoms with Gasteiger partial charge in [-0.05, 0) is 36.2 Å². The Morgan fingerprint density at radius 1 is 1.16 bits per heavy atom. The van der Waals surface area contributed by atoms with Gasteiger partial charge in [0, 0.05) is 42.3 Å². The second-order valence-corrected chi connectivity index (χ2v) is 8.23. The SMILES string of the molecule is N#Cc1cc(Br)ccc1N1CCc2ncnc(NCCc3ccc(C(F)(F)F)nc3)c2C1. The van der Waals surface area contributed by atoms with E-state index in [1.54, 1.807) is 6.07 Å². The number of anilines is 2. The molecule has 32 heavy (non-hydrogen) atoms. The molecule has 0 fully saturated rings. The normalized spacial score (nSPS) is 13.4. The Balaban J connectivity index is 1.46. The van der Waals surface area contributed by atoms with E-state index >= 15 is 0 Å². The first-order valence-electron chi connectivity index (χ1n) is 9.88. The standard InChI is InChI=1S/C22H18BrF3N6/c23-16-2-3-19(15(9-16)10-27)32-8-6-18-17(12-32)21(31-13-30-18)28-7-5-14-1-4-20(29-11-14)22(24,25)26/h1-4,9,11,13H,5-8,12H2,(H,28,30,31). The third-order valence-corrected chi connectivity index (χ3v) is 5.74. The number of benzene rings is 1. The lowest BCUT2D eigenvalue weighted by atomic mass is 10.0. The molecule has 1 aliphatic rings. The number of rotatable bonds is 5. The molecule has 0 radical (unpaired) electrons. The Hall–Kier alpha value is -3.19. The molecule has 0 saturated carbocycles. The molecule has 0 spiro atoms. The molecule has 0 amide bonds. The van der Waals surface area contributed by atoms with Gasteiger partial charge in [0.15, 0.2) is 0 Å². The predicted octanol–water partition coefficient (Wildman–Crippen LogP) is 4.74. The van der Waals surface area contributed by atoms with E-state index in [1.807, 2.05) is 12.1 Å². The van der Waals surface area contributed by atoms with Crippen molar-refractivity contribution >= 4 is 27.4 Å². The Kier molecular flexibility index (Phi) is 6.28. The van der Waals surface area contributed by atoms with Crippen LogP contribution in [0.25, 0.3) is 0 Å². The number of hydrogen-bond acceptors (Lipinski definition) is 6. The fraction of sp³-hybridized carbons (Fsp3) is 0.273. The van der Waals surface area contributed by atoms with Crippen molar-refractivity contribution in [3.05, 3.63) is 75.4 Å². The molecule has 2 aromatic heterocycles. The van der Waals surface area contributed by atoms with Gasteiger partial charge in [-0.3, -0.25) is 4.98 Å². The predicted molar refractivity (Wildman–Crippen MR) is 117 cm³/mol. The number of halogens is 4. The first kappa shape index (κ1) is 22.0. The third-order valence-electron chi connectivity index (χ3n) is 5.24. The molecular weight excluding hydrogens is 485 g/mol. The highest BCUT2D eigenvalue weighted by Gasteiger charge is 2.32. The monoisotopic (exact) mass is 502 g/mol. The van der Waals surface area contributed by atoms with Gasteiger partial charge >= 0.3 is 6.18 Å². The van der Waals surface area contributed by atoms with Gasteiger partial charge < -0.3 is 10.2 Å². The fourth-order valence-corrected chi connectivity index (χ4v) is 4.00. The molecule has 0 atom stereocenters. The molecule has 1 aliphatic heterocycles. The Morgan fingerprint density at radius 2 is 2.00 bits per heavy atom. The number of hydrogen-bond donors (Lipinski definition) is 1. The van der Waals surface area contributed by atoms with Gasteiger partial charge in [0.1, 0.15) is 23.9 Å². The molecule has 0 unspecified atom stereocenters. The quantitative estimate of drug-likeness (QED) is 0.542. The second kappa shape index (κ2) is 9.12. The summed E-state index contributed by atoms with van der Waals surface area (Å²) in [4.78, 5) is 14.4. The molecule has 10 heteroatoms. The maximum absolute atomic E-state index is 12.7. The average molecular weight is 503 g/mol. The number of nitrogens with one attached hydrogen (secondary N) is 1. The van der Waals surface area contributed by atoms with Crippen LogP contribution in [-0.4, -0.2) is 28.0 Å². The van der Waals surface area contributed by atoms with Gasteiger partial charge in [0.05, 0.1) is 16.9 Å². The largest absolute Gasteiger partial charge is 0.433 e. The molecule has 0 saturated heterocycles. The van der Waals surface area contributed by atoms with Crippen LogP contribution in [0.3, 0.4) is 0 Å². The van der Waals surface area contributed by atoms with Crippen LogP contribution in [0.15, 0.2) is 47.3 Å². The van der Waals surface area contributed by atoms with Crippen molar-refractivity contribution in [2.45, 2.75) is 25.6 Å². The first-order valence-corrected chi connectivity index (χ1v) is 10.7. The van der Waals surface area contributed by atoms with Gasteiger partial charge in [-0.25, -0.2) is 9.97 Å². The van der Waals surface area contributed by atoms with E-state index in [4.69, 9.17) is 0 Å². The highest BCUT2D eigenvalue weighted by molar-refractivity contribution is 9.10. The van der Waals surface area contributed by atoms with Crippen LogP contribution < -0.4 is 10.2 Å². The molecule has 164 valence electrons. The number of pyridine rings is 1. The maximum atomic E-state index is 12.7. The van der Waals surface area contributed by atoms with Crippen LogP contribution in [-0.2, 0) is 25.6 Å². The number of nitriles is 1. The lowest BCUT2D eigenvalue weighted by Crippen LogP contribution is -2.32. The van der Waals surface area contributed by atoms with Crippen LogP contribution in [0, 0.1) is 11.3 Å². The summed E-state index contributed by atoms with van der Waals surface area (Å²) in [7, 11) is 0. The molecular formula is C22H18BrF3N6. The third kappa shape index (κ3) is 4.83. The topological polar surface area (TPSA) is 77.7 Å². The number of nitrogens with zero attached hydrogens (tertiary/aromatic N) is 5. The molecule has 1 N–H and O–H groups in total. The zero-order valence-corrected chi connectivity index (χ0v) is 18.4. The summed E-state index contributed by atoms with van der Waals surface area (Å²) in [5.41, 5.74) is 3.14. The van der Waals surface area contributed by atoms with Crippen LogP contribution in [0.1, 0.15) is 28.1 Å². The van der Waals surface area contributed by atoms with Crippen LogP contribution >= 0.6 is 15.9 Å². The zero-order chi connectivity index (χ0) is 22.7. The van der Waals surface area contributed by atoms with E-state index < -0.39 is 11.9 Å². The summed E-state index contributed by atoms with van der Waals surface area (Å²) in [5.74, 6) is 0.690. The summed E-state index contributed by atoms with van der Waals surface area (Å²) in [6.45, 7) is 1.77. The van der Waals surface area contributed by atoms with Gasteiger partial charge in [-0.2, -0.15) is 18.4 Å². The second-order valence-electron chi connectivity index (χ2n) is 7.32. The molecule has 0 bridgehead atoms. The Bertz CT molecular complexity index is 1160. The number of alkyl halides is 3. The highest BCUT2D eigenvalue weighted by atomic mass is 79.9. The van der Waals surface area contributed by atoms with Crippen molar-refractivity contribution in [1.82, 2.24) is 15.0 Å². The summed E-state index contributed by atoms with van der Waals surface area (Å²) in [5, 5.41) is 12.8. The summed E-state index contributed by atoms with van der Waals surface area (Å²) >= 11 is 3.40. The van der Waals surface area contributed by atoms with E-state index in [-0.39, 0.29) is 0 Å². The lowest BCUT2D eigenvalue weighted by molar-refractivity contribution is -0.141. The smallest absolute Gasteiger partial charge is 0.369 e. The lowest BCUT2D eigenvalue weighted by Gasteiger charge is -2.31. The maximum Gasteiger partial charge on any atom is 0.433 e. The van der Waals surface area contributed by atoms with Crippen molar-refractivity contribution in [3.63, 3.8) is 0 Å². The van der Waals surface area contributed by atoms with Crippen LogP contribution in [0.4, 0.5) is 24.7 Å². The highest BCUT2D eigenvalue weighted by Crippen LogP contribution is 2.31. The molecule has 4 rings (SSSR count). The molecule has 3 heterocycles. The van der Waals surface area contributed by atoms with Gasteiger partial charge in [0.2, 0.25) is 0 Å². The van der Waals surface area contributed by atoms with Crippen molar-refractivity contribution in [2.75, 3.05) is 23.3 Å². The summed E-state index contributed by atoms with van der Waals surface area (Å²) < 4.78 is 38.8. The Morgan fingerprint density at radius 3 is 2.72 bits per heavy atom. The van der Waals surface area contributed by atoms with Crippen LogP contribution in [0.5, 0.6) is 0 Å². The van der Waals surface area contributed by atoms with E-state index in [9.17, 15) is 18.4 Å². The minimum Gasteiger partial charge on any atom is -0.369 e. The van der Waals surface area contributed by atoms with Gasteiger partial charge in [0.25, 0.3) is 0 Å². The molecule has 3 aromatic rings. The summed E-state index contributed by atoms with van der Waals surface area (Å²) in [6.07, 6.45) is -0.465. The van der Waals surface area contributed by atoms with E-state index in [2.05, 4.69) is 47.2 Å². The molecule has 1 aromatic carbocycles. The van der Waals surface area contributed by atoms with Gasteiger partial charge in [-0.1, -0.05) is 22.0 Å². The number of fused-ring (bicyclic) bond motifs is 1. The average Bonchev–Trinajstić information content (AvgIpc) is 2.78. The van der Waals surface area contributed by atoms with E-state index in [0.29, 0.717) is 36.5 Å². The van der Waals surface area contributed by atoms with Crippen molar-refractivity contribution < 1.29 is 13.2 Å². The summed E-state index contributed by atoms with van der Waals surface area (Å²) in [6, 6.07) is 10.3. The van der Waals surface area contributed by atoms with E-state index in [1.165, 1.54) is 18.6 Å². The molecule has 6 nitrogen and oxygen atoms in total. The van der Waals surface area contributed by atoms with E-state index in [0.717, 1.165) is 40.4 Å². The first-order chi connectivity index (χ1) is 15.3. The molecule has 0 aliphatic carbocycles. The van der Waals surface area contributed by atoms with Crippen molar-refractivity contribution in [2.24, 2.45) is 0 Å². The Labute approximate surface area is 191 Å². The minimum atomic E-state index is -4.44. The van der Waals surface area contributed by atoms with Crippen molar-refractivity contribution in [1.29, 1.82) is 5.26 Å². The minimum absolute atomic E-state index is 0.484. The zero-order valence-electron chi connectivity index (χ0n) is 16.8. The van der Waals surface area contributed by atoms with Crippen LogP contribution in [0.2, 0.25) is 0 Å². The fourth-order valence-electron chi connectivity index (χ4n) is 3.64.